The number of imide groups is 1. The van der Waals surface area contributed by atoms with Crippen molar-refractivity contribution in [2.75, 3.05) is 15.5 Å². The van der Waals surface area contributed by atoms with E-state index in [1.807, 2.05) is 0 Å². The first-order valence-electron chi connectivity index (χ1n) is 9.63. The van der Waals surface area contributed by atoms with E-state index in [1.165, 1.54) is 13.0 Å². The average molecular weight is 433 g/mol. The highest BCUT2D eigenvalue weighted by Crippen LogP contribution is 2.34. The molecule has 4 rings (SSSR count). The molecule has 1 aliphatic heterocycles. The molecule has 160 valence electrons. The van der Waals surface area contributed by atoms with Gasteiger partial charge in [-0.3, -0.25) is 14.4 Å². The SMILES string of the molecule is CC(=O)Nc1ccc(NC2=C(c3ccccc3)C(=O)N(c3ccc(F)c(F)c3)C2=O)cc1. The minimum atomic E-state index is -1.17. The standard InChI is InChI=1S/C24H17F2N3O3/c1-14(30)27-16-7-9-17(10-8-16)28-22-21(15-5-3-2-4-6-15)23(31)29(24(22)32)18-11-12-19(25)20(26)13-18/h2-13,28H,1H3,(H,27,30). The third-order valence-electron chi connectivity index (χ3n) is 4.78. The summed E-state index contributed by atoms with van der Waals surface area (Å²) in [5.74, 6) is -3.84. The topological polar surface area (TPSA) is 78.5 Å². The lowest BCUT2D eigenvalue weighted by molar-refractivity contribution is -0.120. The fourth-order valence-electron chi connectivity index (χ4n) is 3.36. The van der Waals surface area contributed by atoms with Gasteiger partial charge in [-0.15, -0.1) is 0 Å². The molecule has 2 N–H and O–H groups in total. The molecule has 32 heavy (non-hydrogen) atoms. The number of amides is 3. The van der Waals surface area contributed by atoms with Crippen LogP contribution in [0.5, 0.6) is 0 Å². The lowest BCUT2D eigenvalue weighted by Gasteiger charge is -2.15. The van der Waals surface area contributed by atoms with Crippen LogP contribution in [-0.2, 0) is 14.4 Å². The van der Waals surface area contributed by atoms with Crippen molar-refractivity contribution in [1.82, 2.24) is 0 Å². The highest BCUT2D eigenvalue weighted by molar-refractivity contribution is 6.46. The monoisotopic (exact) mass is 433 g/mol. The molecule has 8 heteroatoms. The van der Waals surface area contributed by atoms with Crippen molar-refractivity contribution in [3.8, 4) is 0 Å². The van der Waals surface area contributed by atoms with Crippen LogP contribution in [0, 0.1) is 11.6 Å². The van der Waals surface area contributed by atoms with E-state index in [2.05, 4.69) is 10.6 Å². The van der Waals surface area contributed by atoms with Gasteiger partial charge in [0.2, 0.25) is 5.91 Å². The molecule has 0 radical (unpaired) electrons. The van der Waals surface area contributed by atoms with Crippen molar-refractivity contribution in [1.29, 1.82) is 0 Å². The molecule has 0 unspecified atom stereocenters. The summed E-state index contributed by atoms with van der Waals surface area (Å²) in [5.41, 5.74) is 1.58. The summed E-state index contributed by atoms with van der Waals surface area (Å²) in [6, 6.07) is 18.0. The number of anilines is 3. The van der Waals surface area contributed by atoms with Gasteiger partial charge in [-0.1, -0.05) is 30.3 Å². The molecule has 1 heterocycles. The Morgan fingerprint density at radius 1 is 0.812 bits per heavy atom. The van der Waals surface area contributed by atoms with E-state index in [0.29, 0.717) is 16.9 Å². The van der Waals surface area contributed by atoms with Crippen molar-refractivity contribution in [3.63, 3.8) is 0 Å². The van der Waals surface area contributed by atoms with Crippen LogP contribution in [-0.4, -0.2) is 17.7 Å². The Labute approximate surface area is 182 Å². The van der Waals surface area contributed by atoms with Gasteiger partial charge in [-0.05, 0) is 42.0 Å². The lowest BCUT2D eigenvalue weighted by Crippen LogP contribution is -2.32. The Bertz CT molecular complexity index is 1260. The summed E-state index contributed by atoms with van der Waals surface area (Å²) < 4.78 is 27.2. The van der Waals surface area contributed by atoms with Crippen molar-refractivity contribution < 1.29 is 23.2 Å². The van der Waals surface area contributed by atoms with Gasteiger partial charge in [0.25, 0.3) is 11.8 Å². The minimum Gasteiger partial charge on any atom is -0.350 e. The van der Waals surface area contributed by atoms with Crippen LogP contribution in [0.1, 0.15) is 12.5 Å². The Kier molecular flexibility index (Phi) is 5.51. The van der Waals surface area contributed by atoms with Crippen LogP contribution in [0.3, 0.4) is 0 Å². The van der Waals surface area contributed by atoms with Gasteiger partial charge in [0.05, 0.1) is 11.3 Å². The van der Waals surface area contributed by atoms with Gasteiger partial charge in [-0.2, -0.15) is 0 Å². The van der Waals surface area contributed by atoms with E-state index < -0.39 is 23.4 Å². The Morgan fingerprint density at radius 2 is 1.47 bits per heavy atom. The molecule has 3 aromatic carbocycles. The van der Waals surface area contributed by atoms with Gasteiger partial charge in [0.1, 0.15) is 5.70 Å². The number of benzene rings is 3. The number of hydrogen-bond donors (Lipinski definition) is 2. The summed E-state index contributed by atoms with van der Waals surface area (Å²) in [6.45, 7) is 1.39. The quantitative estimate of drug-likeness (QED) is 0.588. The Morgan fingerprint density at radius 3 is 2.09 bits per heavy atom. The van der Waals surface area contributed by atoms with Gasteiger partial charge < -0.3 is 10.6 Å². The maximum absolute atomic E-state index is 13.8. The lowest BCUT2D eigenvalue weighted by atomic mass is 10.0. The molecule has 3 aromatic rings. The predicted octanol–water partition coefficient (Wildman–Crippen LogP) is 4.32. The van der Waals surface area contributed by atoms with Gasteiger partial charge >= 0.3 is 0 Å². The number of carbonyl (C=O) groups is 3. The summed E-state index contributed by atoms with van der Waals surface area (Å²) in [4.78, 5) is 38.5. The van der Waals surface area contributed by atoms with Crippen molar-refractivity contribution in [2.24, 2.45) is 0 Å². The molecule has 0 spiro atoms. The number of nitrogens with zero attached hydrogens (tertiary/aromatic N) is 1. The third kappa shape index (κ3) is 3.98. The highest BCUT2D eigenvalue weighted by atomic mass is 19.2. The second kappa shape index (κ2) is 8.43. The number of halogens is 2. The second-order valence-electron chi connectivity index (χ2n) is 7.04. The van der Waals surface area contributed by atoms with E-state index in [1.54, 1.807) is 54.6 Å². The number of rotatable bonds is 5. The predicted molar refractivity (Wildman–Crippen MR) is 117 cm³/mol. The molecule has 0 bridgehead atoms. The molecule has 0 atom stereocenters. The first-order chi connectivity index (χ1) is 15.3. The Balaban J connectivity index is 1.74. The van der Waals surface area contributed by atoms with Gasteiger partial charge in [0, 0.05) is 24.4 Å². The highest BCUT2D eigenvalue weighted by Gasteiger charge is 2.40. The molecule has 0 aliphatic carbocycles. The molecule has 0 fully saturated rings. The molecular weight excluding hydrogens is 416 g/mol. The molecular formula is C24H17F2N3O3. The first kappa shape index (κ1) is 20.9. The zero-order chi connectivity index (χ0) is 22.8. The maximum atomic E-state index is 13.8. The summed E-state index contributed by atoms with van der Waals surface area (Å²) in [7, 11) is 0. The third-order valence-corrected chi connectivity index (χ3v) is 4.78. The van der Waals surface area contributed by atoms with Gasteiger partial charge in [0.15, 0.2) is 11.6 Å². The van der Waals surface area contributed by atoms with E-state index in [0.717, 1.165) is 17.0 Å². The summed E-state index contributed by atoms with van der Waals surface area (Å²) in [5, 5.41) is 5.60. The van der Waals surface area contributed by atoms with Crippen LogP contribution in [0.15, 0.2) is 78.5 Å². The van der Waals surface area contributed by atoms with Gasteiger partial charge in [-0.25, -0.2) is 13.7 Å². The molecule has 1 aliphatic rings. The van der Waals surface area contributed by atoms with Crippen molar-refractivity contribution in [3.05, 3.63) is 95.7 Å². The van der Waals surface area contributed by atoms with Crippen LogP contribution in [0.25, 0.3) is 5.57 Å². The minimum absolute atomic E-state index is 0.00166. The normalized spacial score (nSPS) is 13.5. The fraction of sp³-hybridized carbons (Fsp3) is 0.0417. The van der Waals surface area contributed by atoms with Crippen LogP contribution >= 0.6 is 0 Å². The average Bonchev–Trinajstić information content (AvgIpc) is 3.01. The van der Waals surface area contributed by atoms with E-state index in [-0.39, 0.29) is 22.9 Å². The molecule has 0 saturated heterocycles. The van der Waals surface area contributed by atoms with E-state index in [4.69, 9.17) is 0 Å². The zero-order valence-corrected chi connectivity index (χ0v) is 16.9. The van der Waals surface area contributed by atoms with Crippen LogP contribution in [0.4, 0.5) is 25.8 Å². The molecule has 6 nitrogen and oxygen atoms in total. The fourth-order valence-corrected chi connectivity index (χ4v) is 3.36. The summed E-state index contributed by atoms with van der Waals surface area (Å²) in [6.07, 6.45) is 0. The Hall–Kier alpha value is -4.33. The van der Waals surface area contributed by atoms with Crippen LogP contribution < -0.4 is 15.5 Å². The molecule has 0 aromatic heterocycles. The molecule has 3 amide bonds. The largest absolute Gasteiger partial charge is 0.350 e. The number of nitrogens with one attached hydrogen (secondary N) is 2. The smallest absolute Gasteiger partial charge is 0.282 e. The first-order valence-corrected chi connectivity index (χ1v) is 9.63. The molecule has 0 saturated carbocycles. The zero-order valence-electron chi connectivity index (χ0n) is 16.9. The summed E-state index contributed by atoms with van der Waals surface area (Å²) >= 11 is 0. The maximum Gasteiger partial charge on any atom is 0.282 e. The van der Waals surface area contributed by atoms with E-state index >= 15 is 0 Å². The van der Waals surface area contributed by atoms with Crippen molar-refractivity contribution >= 4 is 40.4 Å². The second-order valence-corrected chi connectivity index (χ2v) is 7.04. The van der Waals surface area contributed by atoms with Crippen molar-refractivity contribution in [2.45, 2.75) is 6.92 Å². The van der Waals surface area contributed by atoms with Crippen LogP contribution in [0.2, 0.25) is 0 Å². The number of hydrogen-bond acceptors (Lipinski definition) is 4. The number of carbonyl (C=O) groups excluding carboxylic acids is 3. The van der Waals surface area contributed by atoms with E-state index in [9.17, 15) is 23.2 Å².